The van der Waals surface area contributed by atoms with Gasteiger partial charge in [0.25, 0.3) is 5.91 Å². The number of carbonyl (C=O) groups is 2. The third-order valence-corrected chi connectivity index (χ3v) is 4.01. The van der Waals surface area contributed by atoms with Crippen molar-refractivity contribution in [3.63, 3.8) is 0 Å². The second-order valence-corrected chi connectivity index (χ2v) is 6.35. The van der Waals surface area contributed by atoms with Gasteiger partial charge in [0, 0.05) is 23.7 Å². The number of anilines is 1. The minimum Gasteiger partial charge on any atom is -0.352 e. The Morgan fingerprint density at radius 2 is 1.91 bits per heavy atom. The molecule has 1 atom stereocenters. The maximum Gasteiger partial charge on any atom is 0.251 e. The normalized spacial score (nSPS) is 12.0. The Bertz CT molecular complexity index is 512. The average Bonchev–Trinajstić information content (AvgIpc) is 2.55. The van der Waals surface area contributed by atoms with Crippen LogP contribution in [-0.4, -0.2) is 18.4 Å². The van der Waals surface area contributed by atoms with E-state index in [1.807, 2.05) is 13.8 Å². The standard InChI is InChI=1S/C19H30N2O2/c1-5-7-9-15(6-2)13-20-19(23)16-10-8-11-17(12-16)21-18(22)14(3)4/h8,10-12,14-15H,5-7,9,13H2,1-4H3,(H,20,23)(H,21,22). The van der Waals surface area contributed by atoms with Gasteiger partial charge in [-0.3, -0.25) is 9.59 Å². The minimum atomic E-state index is -0.0867. The van der Waals surface area contributed by atoms with Crippen LogP contribution < -0.4 is 10.6 Å². The monoisotopic (exact) mass is 318 g/mol. The van der Waals surface area contributed by atoms with E-state index in [-0.39, 0.29) is 17.7 Å². The Labute approximate surface area is 140 Å². The van der Waals surface area contributed by atoms with Crippen LogP contribution in [0.2, 0.25) is 0 Å². The molecule has 2 amide bonds. The lowest BCUT2D eigenvalue weighted by atomic mass is 9.99. The molecule has 0 radical (unpaired) electrons. The van der Waals surface area contributed by atoms with Gasteiger partial charge in [0.15, 0.2) is 0 Å². The molecule has 0 spiro atoms. The first-order chi connectivity index (χ1) is 11.0. The van der Waals surface area contributed by atoms with Crippen LogP contribution in [0, 0.1) is 11.8 Å². The Morgan fingerprint density at radius 1 is 1.17 bits per heavy atom. The largest absolute Gasteiger partial charge is 0.352 e. The van der Waals surface area contributed by atoms with Crippen molar-refractivity contribution in [3.8, 4) is 0 Å². The second kappa shape index (κ2) is 10.0. The molecule has 128 valence electrons. The zero-order chi connectivity index (χ0) is 17.2. The van der Waals surface area contributed by atoms with Crippen molar-refractivity contribution in [2.24, 2.45) is 11.8 Å². The molecule has 0 saturated heterocycles. The maximum atomic E-state index is 12.3. The summed E-state index contributed by atoms with van der Waals surface area (Å²) < 4.78 is 0. The highest BCUT2D eigenvalue weighted by molar-refractivity contribution is 5.97. The van der Waals surface area contributed by atoms with Crippen LogP contribution in [0.25, 0.3) is 0 Å². The van der Waals surface area contributed by atoms with Crippen LogP contribution in [-0.2, 0) is 4.79 Å². The molecule has 1 aromatic carbocycles. The predicted octanol–water partition coefficient (Wildman–Crippen LogP) is 4.23. The number of nitrogens with one attached hydrogen (secondary N) is 2. The number of hydrogen-bond donors (Lipinski definition) is 2. The minimum absolute atomic E-state index is 0.0480. The Hall–Kier alpha value is -1.84. The van der Waals surface area contributed by atoms with Crippen molar-refractivity contribution in [1.29, 1.82) is 0 Å². The van der Waals surface area contributed by atoms with E-state index in [1.54, 1.807) is 24.3 Å². The number of hydrogen-bond acceptors (Lipinski definition) is 2. The molecule has 0 aliphatic carbocycles. The zero-order valence-electron chi connectivity index (χ0n) is 14.8. The van der Waals surface area contributed by atoms with Crippen LogP contribution in [0.4, 0.5) is 5.69 Å². The van der Waals surface area contributed by atoms with E-state index in [1.165, 1.54) is 12.8 Å². The average molecular weight is 318 g/mol. The van der Waals surface area contributed by atoms with Crippen LogP contribution in [0.15, 0.2) is 24.3 Å². The Kier molecular flexibility index (Phi) is 8.38. The molecule has 4 heteroatoms. The highest BCUT2D eigenvalue weighted by Gasteiger charge is 2.12. The highest BCUT2D eigenvalue weighted by atomic mass is 16.2. The van der Waals surface area contributed by atoms with E-state index >= 15 is 0 Å². The van der Waals surface area contributed by atoms with Gasteiger partial charge in [-0.25, -0.2) is 0 Å². The topological polar surface area (TPSA) is 58.2 Å². The number of benzene rings is 1. The molecule has 1 aromatic rings. The van der Waals surface area contributed by atoms with E-state index in [2.05, 4.69) is 24.5 Å². The smallest absolute Gasteiger partial charge is 0.251 e. The fraction of sp³-hybridized carbons (Fsp3) is 0.579. The first kappa shape index (κ1) is 19.2. The van der Waals surface area contributed by atoms with E-state index in [9.17, 15) is 9.59 Å². The fourth-order valence-corrected chi connectivity index (χ4v) is 2.31. The number of carbonyl (C=O) groups excluding carboxylic acids is 2. The van der Waals surface area contributed by atoms with Gasteiger partial charge in [-0.15, -0.1) is 0 Å². The SMILES string of the molecule is CCCCC(CC)CNC(=O)c1cccc(NC(=O)C(C)C)c1. The molecule has 0 bridgehead atoms. The first-order valence-corrected chi connectivity index (χ1v) is 8.67. The summed E-state index contributed by atoms with van der Waals surface area (Å²) in [5, 5.41) is 5.83. The van der Waals surface area contributed by atoms with Gasteiger partial charge < -0.3 is 10.6 Å². The molecular formula is C19H30N2O2. The summed E-state index contributed by atoms with van der Waals surface area (Å²) in [4.78, 5) is 24.0. The molecule has 23 heavy (non-hydrogen) atoms. The van der Waals surface area contributed by atoms with Gasteiger partial charge in [0.05, 0.1) is 0 Å². The number of rotatable bonds is 9. The summed E-state index contributed by atoms with van der Waals surface area (Å²) in [6.45, 7) is 8.73. The molecule has 0 fully saturated rings. The third-order valence-electron chi connectivity index (χ3n) is 4.01. The molecule has 1 rings (SSSR count). The summed E-state index contributed by atoms with van der Waals surface area (Å²) >= 11 is 0. The molecule has 0 saturated carbocycles. The zero-order valence-corrected chi connectivity index (χ0v) is 14.8. The Balaban J connectivity index is 2.60. The molecule has 0 aromatic heterocycles. The lowest BCUT2D eigenvalue weighted by Crippen LogP contribution is -2.29. The van der Waals surface area contributed by atoms with E-state index in [4.69, 9.17) is 0 Å². The van der Waals surface area contributed by atoms with Crippen molar-refractivity contribution in [2.75, 3.05) is 11.9 Å². The molecule has 2 N–H and O–H groups in total. The van der Waals surface area contributed by atoms with E-state index < -0.39 is 0 Å². The fourth-order valence-electron chi connectivity index (χ4n) is 2.31. The molecule has 0 heterocycles. The van der Waals surface area contributed by atoms with Crippen molar-refractivity contribution >= 4 is 17.5 Å². The quantitative estimate of drug-likeness (QED) is 0.716. The second-order valence-electron chi connectivity index (χ2n) is 6.35. The van der Waals surface area contributed by atoms with Gasteiger partial charge in [0.2, 0.25) is 5.91 Å². The van der Waals surface area contributed by atoms with E-state index in [0.717, 1.165) is 12.8 Å². The molecule has 0 aliphatic heterocycles. The van der Waals surface area contributed by atoms with Gasteiger partial charge in [-0.1, -0.05) is 53.0 Å². The van der Waals surface area contributed by atoms with Gasteiger partial charge in [-0.2, -0.15) is 0 Å². The molecule has 4 nitrogen and oxygen atoms in total. The van der Waals surface area contributed by atoms with Crippen LogP contribution in [0.5, 0.6) is 0 Å². The van der Waals surface area contributed by atoms with Crippen molar-refractivity contribution in [3.05, 3.63) is 29.8 Å². The van der Waals surface area contributed by atoms with Crippen molar-refractivity contribution in [1.82, 2.24) is 5.32 Å². The Morgan fingerprint density at radius 3 is 2.52 bits per heavy atom. The van der Waals surface area contributed by atoms with Gasteiger partial charge in [0.1, 0.15) is 0 Å². The lowest BCUT2D eigenvalue weighted by molar-refractivity contribution is -0.118. The molecule has 0 aliphatic rings. The van der Waals surface area contributed by atoms with Crippen molar-refractivity contribution < 1.29 is 9.59 Å². The van der Waals surface area contributed by atoms with Crippen LogP contribution in [0.3, 0.4) is 0 Å². The van der Waals surface area contributed by atoms with E-state index in [0.29, 0.717) is 23.7 Å². The summed E-state index contributed by atoms with van der Waals surface area (Å²) in [7, 11) is 0. The first-order valence-electron chi connectivity index (χ1n) is 8.67. The number of unbranched alkanes of at least 4 members (excludes halogenated alkanes) is 1. The summed E-state index contributed by atoms with van der Waals surface area (Å²) in [5.41, 5.74) is 1.24. The summed E-state index contributed by atoms with van der Waals surface area (Å²) in [5.74, 6) is 0.313. The highest BCUT2D eigenvalue weighted by Crippen LogP contribution is 2.14. The maximum absolute atomic E-state index is 12.3. The third kappa shape index (κ3) is 6.85. The molecular weight excluding hydrogens is 288 g/mol. The lowest BCUT2D eigenvalue weighted by Gasteiger charge is -2.15. The van der Waals surface area contributed by atoms with Crippen LogP contribution >= 0.6 is 0 Å². The van der Waals surface area contributed by atoms with Gasteiger partial charge in [-0.05, 0) is 30.5 Å². The van der Waals surface area contributed by atoms with Crippen molar-refractivity contribution in [2.45, 2.75) is 53.4 Å². The molecule has 1 unspecified atom stereocenters. The summed E-state index contributed by atoms with van der Waals surface area (Å²) in [6, 6.07) is 7.09. The summed E-state index contributed by atoms with van der Waals surface area (Å²) in [6.07, 6.45) is 4.61. The number of amides is 2. The van der Waals surface area contributed by atoms with Crippen LogP contribution in [0.1, 0.15) is 63.7 Å². The van der Waals surface area contributed by atoms with Gasteiger partial charge >= 0.3 is 0 Å². The predicted molar refractivity (Wildman–Crippen MR) is 95.5 cm³/mol.